The number of ketones is 1. The van der Waals surface area contributed by atoms with E-state index >= 15 is 0 Å². The lowest BCUT2D eigenvalue weighted by molar-refractivity contribution is 0.102. The molecular formula is C8H6ClIO2. The highest BCUT2D eigenvalue weighted by molar-refractivity contribution is 14.1. The predicted molar refractivity (Wildman–Crippen MR) is 56.3 cm³/mol. The summed E-state index contributed by atoms with van der Waals surface area (Å²) < 4.78 is 0.339. The van der Waals surface area contributed by atoms with Gasteiger partial charge in [0.05, 0.1) is 9.99 Å². The molecule has 2 nitrogen and oxygen atoms in total. The molecule has 0 fully saturated rings. The second-order valence-electron chi connectivity index (χ2n) is 2.22. The van der Waals surface area contributed by atoms with Crippen molar-refractivity contribution >= 4 is 40.0 Å². The van der Waals surface area contributed by atoms with Crippen molar-refractivity contribution in [3.63, 3.8) is 0 Å². The number of phenolic OH excluding ortho intramolecular Hbond substituents is 1. The highest BCUT2D eigenvalue weighted by Gasteiger charge is 2.09. The van der Waals surface area contributed by atoms with E-state index < -0.39 is 0 Å². The van der Waals surface area contributed by atoms with E-state index in [-0.39, 0.29) is 17.1 Å². The molecule has 0 aliphatic heterocycles. The van der Waals surface area contributed by atoms with Crippen LogP contribution < -0.4 is 0 Å². The molecule has 0 spiro atoms. The molecule has 1 rings (SSSR count). The second-order valence-corrected chi connectivity index (χ2v) is 3.42. The molecule has 0 saturated carbocycles. The molecule has 1 aromatic rings. The Morgan fingerprint density at radius 3 is 2.83 bits per heavy atom. The second kappa shape index (κ2) is 4.09. The number of carbonyl (C=O) groups is 1. The van der Waals surface area contributed by atoms with E-state index in [4.69, 9.17) is 11.6 Å². The number of carbonyl (C=O) groups excluding carboxylic acids is 1. The van der Waals surface area contributed by atoms with Crippen molar-refractivity contribution in [1.82, 2.24) is 0 Å². The van der Waals surface area contributed by atoms with E-state index in [2.05, 4.69) is 0 Å². The molecule has 1 N–H and O–H groups in total. The summed E-state index contributed by atoms with van der Waals surface area (Å²) in [6.45, 7) is 0. The van der Waals surface area contributed by atoms with Crippen LogP contribution in [0.15, 0.2) is 18.2 Å². The van der Waals surface area contributed by atoms with Crippen LogP contribution in [0, 0.1) is 0 Å². The van der Waals surface area contributed by atoms with Crippen molar-refractivity contribution < 1.29 is 9.90 Å². The number of hydrogen-bond acceptors (Lipinski definition) is 2. The molecule has 0 heterocycles. The van der Waals surface area contributed by atoms with Gasteiger partial charge in [-0.25, -0.2) is 0 Å². The van der Waals surface area contributed by atoms with Crippen molar-refractivity contribution in [3.8, 4) is 5.75 Å². The molecule has 0 unspecified atom stereocenters. The molecule has 1 aromatic carbocycles. The van der Waals surface area contributed by atoms with Crippen LogP contribution >= 0.6 is 34.2 Å². The van der Waals surface area contributed by atoms with E-state index in [9.17, 15) is 9.90 Å². The number of alkyl halides is 1. The summed E-state index contributed by atoms with van der Waals surface area (Å²) in [5.41, 5.74) is 0.289. The smallest absolute Gasteiger partial charge is 0.176 e. The first-order valence-corrected chi connectivity index (χ1v) is 5.13. The number of aromatic hydroxyl groups is 1. The molecule has 0 atom stereocenters. The largest absolute Gasteiger partial charge is 0.507 e. The van der Waals surface area contributed by atoms with Gasteiger partial charge in [0.1, 0.15) is 5.75 Å². The first-order chi connectivity index (χ1) is 5.65. The van der Waals surface area contributed by atoms with Gasteiger partial charge in [-0.05, 0) is 18.2 Å². The molecule has 0 aliphatic carbocycles. The van der Waals surface area contributed by atoms with Crippen LogP contribution in [0.5, 0.6) is 5.75 Å². The molecule has 0 aliphatic rings. The molecule has 4 heteroatoms. The molecular weight excluding hydrogens is 290 g/mol. The Hall–Kier alpha value is -0.290. The Balaban J connectivity index is 3.13. The Labute approximate surface area is 88.7 Å². The van der Waals surface area contributed by atoms with Crippen LogP contribution in [0.2, 0.25) is 5.02 Å². The number of rotatable bonds is 2. The van der Waals surface area contributed by atoms with Gasteiger partial charge in [-0.1, -0.05) is 34.2 Å². The Morgan fingerprint density at radius 2 is 2.25 bits per heavy atom. The fourth-order valence-electron chi connectivity index (χ4n) is 0.804. The van der Waals surface area contributed by atoms with E-state index in [1.165, 1.54) is 12.1 Å². The zero-order valence-corrected chi connectivity index (χ0v) is 8.96. The summed E-state index contributed by atoms with van der Waals surface area (Å²) >= 11 is 7.59. The van der Waals surface area contributed by atoms with Crippen LogP contribution in [0.3, 0.4) is 0 Å². The lowest BCUT2D eigenvalue weighted by Crippen LogP contribution is -1.99. The quantitative estimate of drug-likeness (QED) is 0.517. The van der Waals surface area contributed by atoms with Gasteiger partial charge >= 0.3 is 0 Å². The van der Waals surface area contributed by atoms with Crippen LogP contribution in [-0.2, 0) is 0 Å². The molecule has 0 radical (unpaired) electrons. The van der Waals surface area contributed by atoms with Crippen molar-refractivity contribution in [1.29, 1.82) is 0 Å². The highest BCUT2D eigenvalue weighted by atomic mass is 127. The maximum atomic E-state index is 11.2. The minimum absolute atomic E-state index is 0.0129. The zero-order chi connectivity index (χ0) is 9.14. The van der Waals surface area contributed by atoms with Gasteiger partial charge in [-0.2, -0.15) is 0 Å². The zero-order valence-electron chi connectivity index (χ0n) is 6.05. The average Bonchev–Trinajstić information content (AvgIpc) is 2.08. The first-order valence-electron chi connectivity index (χ1n) is 3.23. The summed E-state index contributed by atoms with van der Waals surface area (Å²) in [6, 6.07) is 4.43. The minimum atomic E-state index is -0.115. The number of benzene rings is 1. The molecule has 0 aromatic heterocycles. The highest BCUT2D eigenvalue weighted by Crippen LogP contribution is 2.22. The van der Waals surface area contributed by atoms with Crippen molar-refractivity contribution in [2.75, 3.05) is 4.43 Å². The number of halogens is 2. The average molecular weight is 296 g/mol. The summed E-state index contributed by atoms with van der Waals surface area (Å²) in [5, 5.41) is 9.71. The third kappa shape index (κ3) is 2.10. The summed E-state index contributed by atoms with van der Waals surface area (Å²) in [6.07, 6.45) is 0. The maximum absolute atomic E-state index is 11.2. The molecule has 12 heavy (non-hydrogen) atoms. The maximum Gasteiger partial charge on any atom is 0.176 e. The predicted octanol–water partition coefficient (Wildman–Crippen LogP) is 2.66. The van der Waals surface area contributed by atoms with Crippen LogP contribution in [0.25, 0.3) is 0 Å². The van der Waals surface area contributed by atoms with E-state index in [0.29, 0.717) is 9.45 Å². The number of Topliss-reactive ketones (excluding diaryl/α,β-unsaturated/α-hetero) is 1. The standard InChI is InChI=1S/C8H6ClIO2/c9-5-1-2-7(11)6(3-5)8(12)4-10/h1-3,11H,4H2. The Kier molecular flexibility index (Phi) is 3.34. The summed E-state index contributed by atoms with van der Waals surface area (Å²) in [7, 11) is 0. The van der Waals surface area contributed by atoms with Gasteiger partial charge in [0, 0.05) is 5.02 Å². The van der Waals surface area contributed by atoms with Crippen molar-refractivity contribution in [2.24, 2.45) is 0 Å². The van der Waals surface area contributed by atoms with Crippen molar-refractivity contribution in [3.05, 3.63) is 28.8 Å². The molecule has 0 amide bonds. The lowest BCUT2D eigenvalue weighted by Gasteiger charge is -2.00. The number of phenols is 1. The fraction of sp³-hybridized carbons (Fsp3) is 0.125. The van der Waals surface area contributed by atoms with Gasteiger partial charge in [-0.3, -0.25) is 4.79 Å². The van der Waals surface area contributed by atoms with Crippen LogP contribution in [0.4, 0.5) is 0 Å². The van der Waals surface area contributed by atoms with Crippen LogP contribution in [0.1, 0.15) is 10.4 Å². The normalized spacial score (nSPS) is 9.83. The molecule has 64 valence electrons. The van der Waals surface area contributed by atoms with E-state index in [1.54, 1.807) is 6.07 Å². The monoisotopic (exact) mass is 296 g/mol. The summed E-state index contributed by atoms with van der Waals surface area (Å²) in [4.78, 5) is 11.2. The minimum Gasteiger partial charge on any atom is -0.507 e. The Bertz CT molecular complexity index is 312. The van der Waals surface area contributed by atoms with E-state index in [0.717, 1.165) is 0 Å². The van der Waals surface area contributed by atoms with Gasteiger partial charge in [0.15, 0.2) is 5.78 Å². The number of hydrogen-bond donors (Lipinski definition) is 1. The first kappa shape index (κ1) is 9.80. The third-order valence-corrected chi connectivity index (χ3v) is 2.31. The van der Waals surface area contributed by atoms with Crippen molar-refractivity contribution in [2.45, 2.75) is 0 Å². The van der Waals surface area contributed by atoms with Gasteiger partial charge in [0.2, 0.25) is 0 Å². The lowest BCUT2D eigenvalue weighted by atomic mass is 10.1. The summed E-state index contributed by atoms with van der Waals surface area (Å²) in [5.74, 6) is -0.128. The van der Waals surface area contributed by atoms with E-state index in [1.807, 2.05) is 22.6 Å². The molecule has 0 saturated heterocycles. The third-order valence-electron chi connectivity index (χ3n) is 1.38. The van der Waals surface area contributed by atoms with Crippen LogP contribution in [-0.4, -0.2) is 15.3 Å². The Morgan fingerprint density at radius 1 is 1.58 bits per heavy atom. The topological polar surface area (TPSA) is 37.3 Å². The van der Waals surface area contributed by atoms with Gasteiger partial charge in [-0.15, -0.1) is 0 Å². The SMILES string of the molecule is O=C(CI)c1cc(Cl)ccc1O. The van der Waals surface area contributed by atoms with Gasteiger partial charge in [0.25, 0.3) is 0 Å². The fourth-order valence-corrected chi connectivity index (χ4v) is 1.39. The van der Waals surface area contributed by atoms with Gasteiger partial charge < -0.3 is 5.11 Å². The molecule has 0 bridgehead atoms.